The van der Waals surface area contributed by atoms with Gasteiger partial charge in [-0.3, -0.25) is 9.59 Å². The van der Waals surface area contributed by atoms with Gasteiger partial charge in [-0.2, -0.15) is 0 Å². The zero-order chi connectivity index (χ0) is 21.8. The summed E-state index contributed by atoms with van der Waals surface area (Å²) in [5.74, 6) is 1.12. The summed E-state index contributed by atoms with van der Waals surface area (Å²) in [5.41, 5.74) is 2.74. The highest BCUT2D eigenvalue weighted by atomic mass is 16.2. The van der Waals surface area contributed by atoms with Crippen LogP contribution in [0.15, 0.2) is 60.8 Å². The standard InChI is InChI=1S/C24H29N5O2/c1-26(2)18-23(30)28-14-12-27(13-15-28)22-11-10-21-9-8-20(17-29(21)22)24(31)25-16-19-6-4-3-5-7-19/h3-11,17H,12-16,18H2,1-2H3,(H,25,31). The molecule has 0 aliphatic carbocycles. The molecule has 1 fully saturated rings. The van der Waals surface area contributed by atoms with Crippen molar-refractivity contribution < 1.29 is 9.59 Å². The van der Waals surface area contributed by atoms with Crippen molar-refractivity contribution in [2.75, 3.05) is 51.7 Å². The molecule has 1 aromatic carbocycles. The summed E-state index contributed by atoms with van der Waals surface area (Å²) in [4.78, 5) is 31.1. The quantitative estimate of drug-likeness (QED) is 0.665. The molecule has 1 aliphatic rings. The number of nitrogens with zero attached hydrogens (tertiary/aromatic N) is 4. The molecule has 0 radical (unpaired) electrons. The molecule has 7 nitrogen and oxygen atoms in total. The van der Waals surface area contributed by atoms with Crippen LogP contribution in [0.2, 0.25) is 0 Å². The van der Waals surface area contributed by atoms with Crippen molar-refractivity contribution in [2.24, 2.45) is 0 Å². The van der Waals surface area contributed by atoms with E-state index in [1.54, 1.807) is 0 Å². The van der Waals surface area contributed by atoms with Crippen molar-refractivity contribution in [2.45, 2.75) is 6.54 Å². The third kappa shape index (κ3) is 4.88. The molecule has 1 saturated heterocycles. The van der Waals surface area contributed by atoms with Crippen LogP contribution in [0.1, 0.15) is 15.9 Å². The monoisotopic (exact) mass is 419 g/mol. The fraction of sp³-hybridized carbons (Fsp3) is 0.333. The van der Waals surface area contributed by atoms with Gasteiger partial charge in [0.15, 0.2) is 0 Å². The molecule has 4 rings (SSSR count). The van der Waals surface area contributed by atoms with Crippen LogP contribution in [-0.4, -0.2) is 72.8 Å². The molecule has 1 aliphatic heterocycles. The normalized spacial score (nSPS) is 14.3. The Bertz CT molecular complexity index is 1050. The van der Waals surface area contributed by atoms with Crippen LogP contribution in [0, 0.1) is 0 Å². The lowest BCUT2D eigenvalue weighted by Crippen LogP contribution is -2.51. The van der Waals surface area contributed by atoms with Gasteiger partial charge in [-0.05, 0) is 43.9 Å². The number of amides is 2. The highest BCUT2D eigenvalue weighted by Crippen LogP contribution is 2.22. The van der Waals surface area contributed by atoms with Gasteiger partial charge in [0.25, 0.3) is 5.91 Å². The Morgan fingerprint density at radius 1 is 0.935 bits per heavy atom. The zero-order valence-electron chi connectivity index (χ0n) is 18.1. The number of carbonyl (C=O) groups excluding carboxylic acids is 2. The van der Waals surface area contributed by atoms with Gasteiger partial charge in [0.05, 0.1) is 12.1 Å². The van der Waals surface area contributed by atoms with Gasteiger partial charge in [0.2, 0.25) is 5.91 Å². The predicted octanol–water partition coefficient (Wildman–Crippen LogP) is 2.08. The third-order valence-electron chi connectivity index (χ3n) is 5.60. The average Bonchev–Trinajstić information content (AvgIpc) is 3.21. The van der Waals surface area contributed by atoms with Crippen molar-refractivity contribution in [3.63, 3.8) is 0 Å². The number of fused-ring (bicyclic) bond motifs is 1. The maximum atomic E-state index is 12.7. The maximum absolute atomic E-state index is 12.7. The second kappa shape index (κ2) is 9.22. The van der Waals surface area contributed by atoms with Crippen LogP contribution in [-0.2, 0) is 11.3 Å². The van der Waals surface area contributed by atoms with Crippen molar-refractivity contribution in [1.29, 1.82) is 0 Å². The van der Waals surface area contributed by atoms with E-state index in [1.807, 2.05) is 72.6 Å². The van der Waals surface area contributed by atoms with Gasteiger partial charge in [0, 0.05) is 44.4 Å². The molecule has 162 valence electrons. The second-order valence-electron chi connectivity index (χ2n) is 8.18. The number of benzene rings is 1. The lowest BCUT2D eigenvalue weighted by molar-refractivity contribution is -0.132. The number of nitrogens with one attached hydrogen (secondary N) is 1. The van der Waals surface area contributed by atoms with Gasteiger partial charge in [-0.1, -0.05) is 30.3 Å². The molecule has 0 atom stereocenters. The Balaban J connectivity index is 1.44. The van der Waals surface area contributed by atoms with Gasteiger partial charge in [-0.15, -0.1) is 0 Å². The van der Waals surface area contributed by atoms with Crippen LogP contribution < -0.4 is 10.2 Å². The van der Waals surface area contributed by atoms with Gasteiger partial charge in [0.1, 0.15) is 5.82 Å². The summed E-state index contributed by atoms with van der Waals surface area (Å²) < 4.78 is 2.06. The van der Waals surface area contributed by atoms with Crippen LogP contribution >= 0.6 is 0 Å². The molecule has 7 heteroatoms. The van der Waals surface area contributed by atoms with E-state index < -0.39 is 0 Å². The molecular weight excluding hydrogens is 390 g/mol. The van der Waals surface area contributed by atoms with Crippen LogP contribution in [0.3, 0.4) is 0 Å². The number of piperazine rings is 1. The molecule has 0 saturated carbocycles. The van der Waals surface area contributed by atoms with E-state index in [9.17, 15) is 9.59 Å². The SMILES string of the molecule is CN(C)CC(=O)N1CCN(c2ccc3ccc(C(=O)NCc4ccccc4)cn23)CC1. The third-order valence-corrected chi connectivity index (χ3v) is 5.60. The Morgan fingerprint density at radius 2 is 1.65 bits per heavy atom. The molecular formula is C24H29N5O2. The minimum Gasteiger partial charge on any atom is -0.354 e. The summed E-state index contributed by atoms with van der Waals surface area (Å²) >= 11 is 0. The molecule has 1 N–H and O–H groups in total. The predicted molar refractivity (Wildman–Crippen MR) is 122 cm³/mol. The summed E-state index contributed by atoms with van der Waals surface area (Å²) in [7, 11) is 3.82. The topological polar surface area (TPSA) is 60.3 Å². The van der Waals surface area contributed by atoms with E-state index in [1.165, 1.54) is 0 Å². The first kappa shape index (κ1) is 20.9. The highest BCUT2D eigenvalue weighted by molar-refractivity contribution is 5.94. The largest absolute Gasteiger partial charge is 0.354 e. The van der Waals surface area contributed by atoms with Gasteiger partial charge in [-0.25, -0.2) is 0 Å². The summed E-state index contributed by atoms with van der Waals surface area (Å²) in [5, 5.41) is 2.99. The van der Waals surface area contributed by atoms with E-state index >= 15 is 0 Å². The molecule has 0 bridgehead atoms. The fourth-order valence-electron chi connectivity index (χ4n) is 3.91. The van der Waals surface area contributed by atoms with Gasteiger partial charge >= 0.3 is 0 Å². The number of hydrogen-bond acceptors (Lipinski definition) is 4. The van der Waals surface area contributed by atoms with Crippen LogP contribution in [0.4, 0.5) is 5.82 Å². The van der Waals surface area contributed by atoms with Gasteiger partial charge < -0.3 is 24.4 Å². The van der Waals surface area contributed by atoms with E-state index in [-0.39, 0.29) is 11.8 Å². The average molecular weight is 420 g/mol. The zero-order valence-corrected chi connectivity index (χ0v) is 18.1. The number of carbonyl (C=O) groups is 2. The number of likely N-dealkylation sites (N-methyl/N-ethyl adjacent to an activating group) is 1. The lowest BCUT2D eigenvalue weighted by atomic mass is 10.2. The molecule has 0 unspecified atom stereocenters. The number of hydrogen-bond donors (Lipinski definition) is 1. The van der Waals surface area contributed by atoms with E-state index in [0.29, 0.717) is 31.7 Å². The first-order valence-corrected chi connectivity index (χ1v) is 10.6. The smallest absolute Gasteiger partial charge is 0.253 e. The number of aromatic nitrogens is 1. The van der Waals surface area contributed by atoms with Crippen molar-refractivity contribution >= 4 is 23.1 Å². The summed E-state index contributed by atoms with van der Waals surface area (Å²) in [6.45, 7) is 3.90. The lowest BCUT2D eigenvalue weighted by Gasteiger charge is -2.36. The van der Waals surface area contributed by atoms with E-state index in [4.69, 9.17) is 0 Å². The Labute approximate surface area is 182 Å². The fourth-order valence-corrected chi connectivity index (χ4v) is 3.91. The highest BCUT2D eigenvalue weighted by Gasteiger charge is 2.23. The van der Waals surface area contributed by atoms with Crippen molar-refractivity contribution in [3.05, 3.63) is 71.9 Å². The number of rotatable bonds is 6. The first-order valence-electron chi connectivity index (χ1n) is 10.6. The Morgan fingerprint density at radius 3 is 2.35 bits per heavy atom. The van der Waals surface area contributed by atoms with Crippen LogP contribution in [0.25, 0.3) is 5.52 Å². The molecule has 31 heavy (non-hydrogen) atoms. The molecule has 2 aromatic heterocycles. The molecule has 3 aromatic rings. The van der Waals surface area contributed by atoms with E-state index in [0.717, 1.165) is 30.0 Å². The number of pyridine rings is 1. The second-order valence-corrected chi connectivity index (χ2v) is 8.18. The summed E-state index contributed by atoms with van der Waals surface area (Å²) in [6.07, 6.45) is 1.90. The first-order chi connectivity index (χ1) is 15.0. The summed E-state index contributed by atoms with van der Waals surface area (Å²) in [6, 6.07) is 17.9. The maximum Gasteiger partial charge on any atom is 0.253 e. The molecule has 3 heterocycles. The van der Waals surface area contributed by atoms with Crippen molar-refractivity contribution in [3.8, 4) is 0 Å². The molecule has 0 spiro atoms. The van der Waals surface area contributed by atoms with Crippen LogP contribution in [0.5, 0.6) is 0 Å². The Hall–Kier alpha value is -3.32. The Kier molecular flexibility index (Phi) is 6.23. The minimum atomic E-state index is -0.0931. The van der Waals surface area contributed by atoms with E-state index in [2.05, 4.69) is 26.8 Å². The minimum absolute atomic E-state index is 0.0931. The number of anilines is 1. The molecule has 2 amide bonds. The van der Waals surface area contributed by atoms with Crippen molar-refractivity contribution in [1.82, 2.24) is 19.5 Å².